The van der Waals surface area contributed by atoms with E-state index in [4.69, 9.17) is 21.1 Å². The lowest BCUT2D eigenvalue weighted by Crippen LogP contribution is -1.97. The summed E-state index contributed by atoms with van der Waals surface area (Å²) in [5.74, 6) is 1.02. The Labute approximate surface area is 128 Å². The van der Waals surface area contributed by atoms with Gasteiger partial charge in [-0.3, -0.25) is 4.79 Å². The van der Waals surface area contributed by atoms with Gasteiger partial charge in [-0.2, -0.15) is 0 Å². The number of benzene rings is 2. The van der Waals surface area contributed by atoms with Crippen LogP contribution in [-0.2, 0) is 0 Å². The second-order valence-electron chi connectivity index (χ2n) is 4.32. The van der Waals surface area contributed by atoms with E-state index in [9.17, 15) is 4.79 Å². The summed E-state index contributed by atoms with van der Waals surface area (Å²) in [5, 5.41) is 0.665. The molecule has 0 aliphatic heterocycles. The summed E-state index contributed by atoms with van der Waals surface area (Å²) in [7, 11) is 3.09. The van der Waals surface area contributed by atoms with Crippen LogP contribution in [0.4, 0.5) is 0 Å². The predicted molar refractivity (Wildman–Crippen MR) is 84.4 cm³/mol. The number of carbonyl (C=O) groups excluding carboxylic acids is 1. The number of hydrogen-bond acceptors (Lipinski definition) is 3. The number of ketones is 1. The van der Waals surface area contributed by atoms with E-state index in [1.807, 2.05) is 12.1 Å². The van der Waals surface area contributed by atoms with E-state index in [0.717, 1.165) is 5.56 Å². The maximum Gasteiger partial charge on any atom is 0.185 e. The van der Waals surface area contributed by atoms with Crippen LogP contribution in [0, 0.1) is 0 Å². The molecule has 0 atom stereocenters. The Morgan fingerprint density at radius 1 is 1.00 bits per heavy atom. The summed E-state index contributed by atoms with van der Waals surface area (Å²) in [6.07, 6.45) is 3.26. The van der Waals surface area contributed by atoms with Crippen molar-refractivity contribution in [1.29, 1.82) is 0 Å². The fraction of sp³-hybridized carbons (Fsp3) is 0.118. The van der Waals surface area contributed by atoms with Crippen molar-refractivity contribution in [2.45, 2.75) is 0 Å². The molecule has 0 radical (unpaired) electrons. The van der Waals surface area contributed by atoms with Crippen molar-refractivity contribution >= 4 is 23.5 Å². The Morgan fingerprint density at radius 3 is 2.29 bits per heavy atom. The average molecular weight is 303 g/mol. The van der Waals surface area contributed by atoms with Gasteiger partial charge in [-0.15, -0.1) is 0 Å². The van der Waals surface area contributed by atoms with Gasteiger partial charge in [0.2, 0.25) is 0 Å². The van der Waals surface area contributed by atoms with Crippen LogP contribution in [-0.4, -0.2) is 20.0 Å². The van der Waals surface area contributed by atoms with Crippen molar-refractivity contribution in [2.24, 2.45) is 0 Å². The molecule has 0 fully saturated rings. The van der Waals surface area contributed by atoms with Crippen LogP contribution >= 0.6 is 11.6 Å². The van der Waals surface area contributed by atoms with Crippen LogP contribution < -0.4 is 9.47 Å². The molecule has 0 unspecified atom stereocenters. The van der Waals surface area contributed by atoms with Crippen molar-refractivity contribution in [3.05, 3.63) is 64.7 Å². The van der Waals surface area contributed by atoms with Crippen molar-refractivity contribution in [3.8, 4) is 11.5 Å². The zero-order valence-corrected chi connectivity index (χ0v) is 12.6. The fourth-order valence-corrected chi connectivity index (χ4v) is 1.96. The highest BCUT2D eigenvalue weighted by Crippen LogP contribution is 2.27. The highest BCUT2D eigenvalue weighted by Gasteiger charge is 2.08. The summed E-state index contributed by atoms with van der Waals surface area (Å²) in [6, 6.07) is 12.3. The zero-order valence-electron chi connectivity index (χ0n) is 11.8. The molecule has 0 amide bonds. The van der Waals surface area contributed by atoms with Crippen molar-refractivity contribution < 1.29 is 14.3 Å². The standard InChI is InChI=1S/C17H15ClO3/c1-20-16-10-6-13(11-17(16)21-2)15(19)9-5-12-3-7-14(18)8-4-12/h3-11H,1-2H3. The van der Waals surface area contributed by atoms with E-state index in [1.165, 1.54) is 13.2 Å². The molecule has 2 rings (SSSR count). The summed E-state index contributed by atoms with van der Waals surface area (Å²) in [5.41, 5.74) is 1.45. The summed E-state index contributed by atoms with van der Waals surface area (Å²) in [4.78, 5) is 12.1. The molecule has 21 heavy (non-hydrogen) atoms. The summed E-state index contributed by atoms with van der Waals surface area (Å²) >= 11 is 5.82. The fourth-order valence-electron chi connectivity index (χ4n) is 1.83. The molecule has 4 heteroatoms. The van der Waals surface area contributed by atoms with Crippen LogP contribution in [0.15, 0.2) is 48.5 Å². The molecule has 3 nitrogen and oxygen atoms in total. The third-order valence-corrected chi connectivity index (χ3v) is 3.22. The first-order valence-corrected chi connectivity index (χ1v) is 6.72. The number of carbonyl (C=O) groups is 1. The molecule has 0 saturated heterocycles. The predicted octanol–water partition coefficient (Wildman–Crippen LogP) is 4.25. The number of allylic oxidation sites excluding steroid dienone is 1. The van der Waals surface area contributed by atoms with Crippen molar-refractivity contribution in [1.82, 2.24) is 0 Å². The second kappa shape index (κ2) is 6.95. The van der Waals surface area contributed by atoms with Gasteiger partial charge in [0.25, 0.3) is 0 Å². The zero-order chi connectivity index (χ0) is 15.2. The first kappa shape index (κ1) is 15.1. The van der Waals surface area contributed by atoms with E-state index in [-0.39, 0.29) is 5.78 Å². The lowest BCUT2D eigenvalue weighted by atomic mass is 10.1. The van der Waals surface area contributed by atoms with Gasteiger partial charge in [0, 0.05) is 10.6 Å². The van der Waals surface area contributed by atoms with Gasteiger partial charge in [0.05, 0.1) is 14.2 Å². The number of ether oxygens (including phenoxy) is 2. The Balaban J connectivity index is 2.18. The summed E-state index contributed by atoms with van der Waals surface area (Å²) in [6.45, 7) is 0. The van der Waals surface area contributed by atoms with Gasteiger partial charge in [-0.05, 0) is 42.0 Å². The molecule has 0 heterocycles. The normalized spacial score (nSPS) is 10.6. The van der Waals surface area contributed by atoms with Gasteiger partial charge in [-0.25, -0.2) is 0 Å². The van der Waals surface area contributed by atoms with Crippen LogP contribution in [0.5, 0.6) is 11.5 Å². The summed E-state index contributed by atoms with van der Waals surface area (Å²) < 4.78 is 10.3. The number of methoxy groups -OCH3 is 2. The highest BCUT2D eigenvalue weighted by molar-refractivity contribution is 6.30. The van der Waals surface area contributed by atoms with Gasteiger partial charge in [-0.1, -0.05) is 29.8 Å². The van der Waals surface area contributed by atoms with Gasteiger partial charge in [0.15, 0.2) is 17.3 Å². The molecule has 2 aromatic rings. The van der Waals surface area contributed by atoms with Crippen LogP contribution in [0.25, 0.3) is 6.08 Å². The third kappa shape index (κ3) is 3.86. The van der Waals surface area contributed by atoms with Gasteiger partial charge < -0.3 is 9.47 Å². The minimum Gasteiger partial charge on any atom is -0.493 e. The smallest absolute Gasteiger partial charge is 0.185 e. The number of hydrogen-bond donors (Lipinski definition) is 0. The maximum atomic E-state index is 12.1. The monoisotopic (exact) mass is 302 g/mol. The molecule has 0 aliphatic carbocycles. The molecule has 2 aromatic carbocycles. The largest absolute Gasteiger partial charge is 0.493 e. The van der Waals surface area contributed by atoms with Gasteiger partial charge in [0.1, 0.15) is 0 Å². The Kier molecular flexibility index (Phi) is 5.01. The number of rotatable bonds is 5. The molecule has 0 bridgehead atoms. The minimum absolute atomic E-state index is 0.106. The van der Waals surface area contributed by atoms with E-state index < -0.39 is 0 Å². The van der Waals surface area contributed by atoms with Crippen LogP contribution in [0.1, 0.15) is 15.9 Å². The Hall–Kier alpha value is -2.26. The van der Waals surface area contributed by atoms with E-state index in [0.29, 0.717) is 22.1 Å². The highest BCUT2D eigenvalue weighted by atomic mass is 35.5. The maximum absolute atomic E-state index is 12.1. The van der Waals surface area contributed by atoms with Crippen LogP contribution in [0.2, 0.25) is 5.02 Å². The molecule has 0 N–H and O–H groups in total. The molecule has 0 aromatic heterocycles. The molecule has 0 spiro atoms. The minimum atomic E-state index is -0.106. The molecular formula is C17H15ClO3. The molecule has 0 aliphatic rings. The average Bonchev–Trinajstić information content (AvgIpc) is 2.53. The van der Waals surface area contributed by atoms with Crippen molar-refractivity contribution in [3.63, 3.8) is 0 Å². The topological polar surface area (TPSA) is 35.5 Å². The van der Waals surface area contributed by atoms with E-state index in [2.05, 4.69) is 0 Å². The molecule has 108 valence electrons. The lowest BCUT2D eigenvalue weighted by molar-refractivity contribution is 0.104. The second-order valence-corrected chi connectivity index (χ2v) is 4.76. The lowest BCUT2D eigenvalue weighted by Gasteiger charge is -2.07. The van der Waals surface area contributed by atoms with Crippen molar-refractivity contribution in [2.75, 3.05) is 14.2 Å². The first-order valence-electron chi connectivity index (χ1n) is 6.34. The van der Waals surface area contributed by atoms with Crippen LogP contribution in [0.3, 0.4) is 0 Å². The van der Waals surface area contributed by atoms with E-state index in [1.54, 1.807) is 43.5 Å². The SMILES string of the molecule is COc1ccc(C(=O)C=Cc2ccc(Cl)cc2)cc1OC. The molecular weight excluding hydrogens is 288 g/mol. The molecule has 0 saturated carbocycles. The number of halogens is 1. The Morgan fingerprint density at radius 2 is 1.67 bits per heavy atom. The quantitative estimate of drug-likeness (QED) is 0.612. The van der Waals surface area contributed by atoms with Gasteiger partial charge >= 0.3 is 0 Å². The third-order valence-electron chi connectivity index (χ3n) is 2.97. The Bertz CT molecular complexity index is 660. The first-order chi connectivity index (χ1) is 10.1. The van der Waals surface area contributed by atoms with E-state index >= 15 is 0 Å².